The van der Waals surface area contributed by atoms with Gasteiger partial charge in [0.25, 0.3) is 0 Å². The van der Waals surface area contributed by atoms with Gasteiger partial charge in [0.05, 0.1) is 6.61 Å². The fourth-order valence-electron chi connectivity index (χ4n) is 2.69. The molecule has 1 aliphatic rings. The molecule has 1 fully saturated rings. The van der Waals surface area contributed by atoms with Crippen LogP contribution >= 0.6 is 0 Å². The van der Waals surface area contributed by atoms with Crippen molar-refractivity contribution in [2.75, 3.05) is 33.3 Å². The molecular formula is C17H27N3O. The van der Waals surface area contributed by atoms with Crippen LogP contribution in [0.2, 0.25) is 0 Å². The van der Waals surface area contributed by atoms with Gasteiger partial charge in [0, 0.05) is 26.7 Å². The van der Waals surface area contributed by atoms with Crippen molar-refractivity contribution in [2.45, 2.75) is 26.2 Å². The van der Waals surface area contributed by atoms with Crippen LogP contribution in [0.4, 0.5) is 0 Å². The molecule has 1 saturated heterocycles. The van der Waals surface area contributed by atoms with Gasteiger partial charge in [-0.15, -0.1) is 0 Å². The lowest BCUT2D eigenvalue weighted by Gasteiger charge is -2.33. The lowest BCUT2D eigenvalue weighted by atomic mass is 10.0. The zero-order valence-electron chi connectivity index (χ0n) is 13.2. The Balaban J connectivity index is 1.64. The van der Waals surface area contributed by atoms with Crippen molar-refractivity contribution >= 4 is 5.96 Å². The number of rotatable bonds is 5. The van der Waals surface area contributed by atoms with E-state index >= 15 is 0 Å². The summed E-state index contributed by atoms with van der Waals surface area (Å²) in [4.78, 5) is 6.76. The molecule has 1 aromatic carbocycles. The standard InChI is InChI=1S/C17H27N3O/c1-15-8-6-12-20(14-15)17(18-2)19-11-7-13-21-16-9-4-3-5-10-16/h3-5,9-10,15H,6-8,11-14H2,1-2H3,(H,18,19). The number of ether oxygens (including phenoxy) is 1. The number of hydrogen-bond donors (Lipinski definition) is 1. The molecule has 4 nitrogen and oxygen atoms in total. The molecule has 1 atom stereocenters. The minimum absolute atomic E-state index is 0.727. The largest absolute Gasteiger partial charge is 0.494 e. The van der Waals surface area contributed by atoms with E-state index in [1.807, 2.05) is 37.4 Å². The summed E-state index contributed by atoms with van der Waals surface area (Å²) in [7, 11) is 1.86. The van der Waals surface area contributed by atoms with Crippen molar-refractivity contribution < 1.29 is 4.74 Å². The molecule has 1 unspecified atom stereocenters. The number of nitrogens with one attached hydrogen (secondary N) is 1. The molecular weight excluding hydrogens is 262 g/mol. The van der Waals surface area contributed by atoms with Gasteiger partial charge >= 0.3 is 0 Å². The Labute approximate surface area is 128 Å². The van der Waals surface area contributed by atoms with Crippen LogP contribution in [-0.4, -0.2) is 44.1 Å². The SMILES string of the molecule is CN=C(NCCCOc1ccccc1)N1CCCC(C)C1. The Morgan fingerprint density at radius 2 is 2.19 bits per heavy atom. The summed E-state index contributed by atoms with van der Waals surface area (Å²) in [5.41, 5.74) is 0. The highest BCUT2D eigenvalue weighted by molar-refractivity contribution is 5.79. The second-order valence-corrected chi connectivity index (χ2v) is 5.68. The van der Waals surface area contributed by atoms with E-state index in [0.717, 1.165) is 50.3 Å². The molecule has 1 N–H and O–H groups in total. The van der Waals surface area contributed by atoms with E-state index < -0.39 is 0 Å². The minimum atomic E-state index is 0.727. The molecule has 0 saturated carbocycles. The Bertz CT molecular complexity index is 433. The van der Waals surface area contributed by atoms with E-state index in [1.165, 1.54) is 12.8 Å². The van der Waals surface area contributed by atoms with Gasteiger partial charge in [0.15, 0.2) is 5.96 Å². The number of para-hydroxylation sites is 1. The van der Waals surface area contributed by atoms with Crippen LogP contribution in [0.25, 0.3) is 0 Å². The van der Waals surface area contributed by atoms with Crippen molar-refractivity contribution in [1.82, 2.24) is 10.2 Å². The Morgan fingerprint density at radius 1 is 1.38 bits per heavy atom. The van der Waals surface area contributed by atoms with Crippen LogP contribution in [0.1, 0.15) is 26.2 Å². The first kappa shape index (κ1) is 15.7. The Kier molecular flexibility index (Phi) is 6.38. The maximum Gasteiger partial charge on any atom is 0.193 e. The van der Waals surface area contributed by atoms with Crippen molar-refractivity contribution in [3.8, 4) is 5.75 Å². The van der Waals surface area contributed by atoms with Gasteiger partial charge in [0.2, 0.25) is 0 Å². The summed E-state index contributed by atoms with van der Waals surface area (Å²) >= 11 is 0. The quantitative estimate of drug-likeness (QED) is 0.514. The molecule has 0 bridgehead atoms. The van der Waals surface area contributed by atoms with Crippen LogP contribution in [0, 0.1) is 5.92 Å². The highest BCUT2D eigenvalue weighted by atomic mass is 16.5. The van der Waals surface area contributed by atoms with E-state index in [1.54, 1.807) is 0 Å². The lowest BCUT2D eigenvalue weighted by Crippen LogP contribution is -2.46. The molecule has 116 valence electrons. The smallest absolute Gasteiger partial charge is 0.193 e. The van der Waals surface area contributed by atoms with E-state index in [9.17, 15) is 0 Å². The zero-order chi connectivity index (χ0) is 14.9. The number of likely N-dealkylation sites (tertiary alicyclic amines) is 1. The highest BCUT2D eigenvalue weighted by Gasteiger charge is 2.18. The first-order valence-electron chi connectivity index (χ1n) is 7.93. The number of nitrogens with zero attached hydrogens (tertiary/aromatic N) is 2. The normalized spacial score (nSPS) is 19.4. The molecule has 0 aliphatic carbocycles. The maximum absolute atomic E-state index is 5.69. The van der Waals surface area contributed by atoms with Gasteiger partial charge < -0.3 is 15.0 Å². The average molecular weight is 289 g/mol. The van der Waals surface area contributed by atoms with Crippen LogP contribution < -0.4 is 10.1 Å². The van der Waals surface area contributed by atoms with Gasteiger partial charge in [-0.2, -0.15) is 0 Å². The summed E-state index contributed by atoms with van der Waals surface area (Å²) < 4.78 is 5.69. The molecule has 0 radical (unpaired) electrons. The first-order valence-corrected chi connectivity index (χ1v) is 7.93. The molecule has 2 rings (SSSR count). The van der Waals surface area contributed by atoms with E-state index in [-0.39, 0.29) is 0 Å². The zero-order valence-corrected chi connectivity index (χ0v) is 13.2. The number of benzene rings is 1. The number of aliphatic imine (C=N–C) groups is 1. The third kappa shape index (κ3) is 5.29. The second kappa shape index (κ2) is 8.55. The van der Waals surface area contributed by atoms with E-state index in [4.69, 9.17) is 4.74 Å². The van der Waals surface area contributed by atoms with Crippen LogP contribution in [0.15, 0.2) is 35.3 Å². The maximum atomic E-state index is 5.69. The predicted molar refractivity (Wildman–Crippen MR) is 87.9 cm³/mol. The number of guanidine groups is 1. The molecule has 1 aliphatic heterocycles. The van der Waals surface area contributed by atoms with E-state index in [2.05, 4.69) is 22.1 Å². The number of hydrogen-bond acceptors (Lipinski definition) is 2. The third-order valence-corrected chi connectivity index (χ3v) is 3.78. The molecule has 1 heterocycles. The molecule has 0 spiro atoms. The molecule has 0 aromatic heterocycles. The minimum Gasteiger partial charge on any atom is -0.494 e. The highest BCUT2D eigenvalue weighted by Crippen LogP contribution is 2.15. The van der Waals surface area contributed by atoms with Crippen LogP contribution in [0.5, 0.6) is 5.75 Å². The molecule has 4 heteroatoms. The van der Waals surface area contributed by atoms with Gasteiger partial charge in [-0.1, -0.05) is 25.1 Å². The van der Waals surface area contributed by atoms with Gasteiger partial charge in [0.1, 0.15) is 5.75 Å². The van der Waals surface area contributed by atoms with Crippen LogP contribution in [-0.2, 0) is 0 Å². The summed E-state index contributed by atoms with van der Waals surface area (Å²) in [6, 6.07) is 9.96. The monoisotopic (exact) mass is 289 g/mol. The lowest BCUT2D eigenvalue weighted by molar-refractivity contribution is 0.264. The fourth-order valence-corrected chi connectivity index (χ4v) is 2.69. The summed E-state index contributed by atoms with van der Waals surface area (Å²) in [5.74, 6) is 2.73. The first-order chi connectivity index (χ1) is 10.3. The fraction of sp³-hybridized carbons (Fsp3) is 0.588. The van der Waals surface area contributed by atoms with Gasteiger partial charge in [-0.25, -0.2) is 0 Å². The summed E-state index contributed by atoms with van der Waals surface area (Å²) in [6.45, 7) is 6.16. The van der Waals surface area contributed by atoms with E-state index in [0.29, 0.717) is 0 Å². The average Bonchev–Trinajstić information content (AvgIpc) is 2.52. The van der Waals surface area contributed by atoms with Crippen molar-refractivity contribution in [2.24, 2.45) is 10.9 Å². The predicted octanol–water partition coefficient (Wildman–Crippen LogP) is 2.76. The second-order valence-electron chi connectivity index (χ2n) is 5.68. The van der Waals surface area contributed by atoms with Gasteiger partial charge in [-0.05, 0) is 37.3 Å². The van der Waals surface area contributed by atoms with Crippen molar-refractivity contribution in [1.29, 1.82) is 0 Å². The Morgan fingerprint density at radius 3 is 2.90 bits per heavy atom. The summed E-state index contributed by atoms with van der Waals surface area (Å²) in [5, 5.41) is 3.44. The Hall–Kier alpha value is -1.71. The van der Waals surface area contributed by atoms with Crippen molar-refractivity contribution in [3.05, 3.63) is 30.3 Å². The summed E-state index contributed by atoms with van der Waals surface area (Å²) in [6.07, 6.45) is 3.56. The molecule has 21 heavy (non-hydrogen) atoms. The number of piperidine rings is 1. The molecule has 1 aromatic rings. The molecule has 0 amide bonds. The van der Waals surface area contributed by atoms with Gasteiger partial charge in [-0.3, -0.25) is 4.99 Å². The third-order valence-electron chi connectivity index (χ3n) is 3.78. The van der Waals surface area contributed by atoms with Crippen LogP contribution in [0.3, 0.4) is 0 Å². The van der Waals surface area contributed by atoms with Crippen molar-refractivity contribution in [3.63, 3.8) is 0 Å². The topological polar surface area (TPSA) is 36.9 Å².